The van der Waals surface area contributed by atoms with Gasteiger partial charge in [0.1, 0.15) is 17.3 Å². The Morgan fingerprint density at radius 2 is 1.92 bits per heavy atom. The van der Waals surface area contributed by atoms with Gasteiger partial charge in [-0.05, 0) is 30.2 Å². The van der Waals surface area contributed by atoms with Gasteiger partial charge >= 0.3 is 0 Å². The summed E-state index contributed by atoms with van der Waals surface area (Å²) in [5.41, 5.74) is 3.19. The molecule has 0 aliphatic rings. The van der Waals surface area contributed by atoms with E-state index in [-0.39, 0.29) is 17.9 Å². The monoisotopic (exact) mass is 325 g/mol. The first kappa shape index (κ1) is 15.9. The van der Waals surface area contributed by atoms with Crippen molar-refractivity contribution >= 4 is 16.7 Å². The van der Waals surface area contributed by atoms with Crippen LogP contribution in [0.15, 0.2) is 41.6 Å². The quantitative estimate of drug-likeness (QED) is 0.391. The van der Waals surface area contributed by atoms with Crippen LogP contribution in [0.1, 0.15) is 23.9 Å². The summed E-state index contributed by atoms with van der Waals surface area (Å²) < 4.78 is 1.93. The number of oxime groups is 1. The number of benzene rings is 2. The maximum absolute atomic E-state index is 10.1. The molecule has 0 aliphatic carbocycles. The average molecular weight is 325 g/mol. The number of aromatic nitrogens is 2. The molecule has 3 rings (SSSR count). The van der Waals surface area contributed by atoms with Crippen molar-refractivity contribution in [2.24, 2.45) is 12.2 Å². The summed E-state index contributed by atoms with van der Waals surface area (Å²) in [6, 6.07) is 10.7. The lowest BCUT2D eigenvalue weighted by atomic mass is 10.0. The minimum Gasteiger partial charge on any atom is -0.508 e. The van der Waals surface area contributed by atoms with E-state index in [9.17, 15) is 15.4 Å². The molecule has 2 aromatic carbocycles. The molecule has 0 amide bonds. The summed E-state index contributed by atoms with van der Waals surface area (Å²) in [4.78, 5) is 4.56. The van der Waals surface area contributed by atoms with Crippen molar-refractivity contribution in [1.29, 1.82) is 0 Å². The lowest BCUT2D eigenvalue weighted by molar-refractivity contribution is 0.318. The van der Waals surface area contributed by atoms with Crippen LogP contribution < -0.4 is 0 Å². The number of hydrogen-bond donors (Lipinski definition) is 3. The van der Waals surface area contributed by atoms with Gasteiger partial charge in [-0.25, -0.2) is 4.98 Å². The highest BCUT2D eigenvalue weighted by Crippen LogP contribution is 2.29. The first-order valence-electron chi connectivity index (χ1n) is 7.71. The summed E-state index contributed by atoms with van der Waals surface area (Å²) in [6.07, 6.45) is 0.854. The molecule has 0 saturated heterocycles. The van der Waals surface area contributed by atoms with Crippen LogP contribution in [-0.4, -0.2) is 30.7 Å². The van der Waals surface area contributed by atoms with Crippen molar-refractivity contribution in [3.63, 3.8) is 0 Å². The third-order valence-corrected chi connectivity index (χ3v) is 4.21. The van der Waals surface area contributed by atoms with Crippen LogP contribution in [0.5, 0.6) is 11.5 Å². The van der Waals surface area contributed by atoms with Crippen molar-refractivity contribution in [3.05, 3.63) is 53.3 Å². The van der Waals surface area contributed by atoms with Gasteiger partial charge in [0.2, 0.25) is 0 Å². The molecule has 6 nitrogen and oxygen atoms in total. The topological polar surface area (TPSA) is 90.9 Å². The van der Waals surface area contributed by atoms with Gasteiger partial charge in [0.15, 0.2) is 0 Å². The molecular weight excluding hydrogens is 306 g/mol. The summed E-state index contributed by atoms with van der Waals surface area (Å²) in [6.45, 7) is 1.90. The molecule has 0 atom stereocenters. The van der Waals surface area contributed by atoms with Crippen molar-refractivity contribution in [2.45, 2.75) is 19.8 Å². The largest absolute Gasteiger partial charge is 0.508 e. The average Bonchev–Trinajstić information content (AvgIpc) is 2.89. The van der Waals surface area contributed by atoms with Crippen LogP contribution in [0, 0.1) is 0 Å². The Morgan fingerprint density at radius 3 is 2.58 bits per heavy atom. The van der Waals surface area contributed by atoms with Gasteiger partial charge in [-0.15, -0.1) is 0 Å². The molecule has 124 valence electrons. The van der Waals surface area contributed by atoms with E-state index in [0.29, 0.717) is 23.3 Å². The van der Waals surface area contributed by atoms with E-state index in [1.54, 1.807) is 6.07 Å². The number of phenolic OH excluding ortho intramolecular Hbond substituents is 2. The Morgan fingerprint density at radius 1 is 1.17 bits per heavy atom. The van der Waals surface area contributed by atoms with Gasteiger partial charge in [-0.1, -0.05) is 24.2 Å². The van der Waals surface area contributed by atoms with E-state index >= 15 is 0 Å². The standard InChI is InChI=1S/C18H19N3O3/c1-3-11-8-12(17(23)10-16(11)22)14(20-24)9-18-19-13-6-4-5-7-15(13)21(18)2/h4-8,10,22-24H,3,9H2,1-2H3/b20-14-. The summed E-state index contributed by atoms with van der Waals surface area (Å²) >= 11 is 0. The van der Waals surface area contributed by atoms with E-state index in [2.05, 4.69) is 10.1 Å². The normalized spacial score (nSPS) is 12.0. The Hall–Kier alpha value is -3.02. The lowest BCUT2D eigenvalue weighted by Gasteiger charge is -2.10. The van der Waals surface area contributed by atoms with Crippen molar-refractivity contribution in [3.8, 4) is 11.5 Å². The van der Waals surface area contributed by atoms with Gasteiger partial charge in [0.25, 0.3) is 0 Å². The second-order valence-electron chi connectivity index (χ2n) is 5.65. The maximum atomic E-state index is 10.1. The molecule has 1 heterocycles. The van der Waals surface area contributed by atoms with E-state index < -0.39 is 0 Å². The van der Waals surface area contributed by atoms with E-state index in [1.807, 2.05) is 42.8 Å². The highest BCUT2D eigenvalue weighted by atomic mass is 16.4. The Kier molecular flexibility index (Phi) is 4.12. The zero-order valence-electron chi connectivity index (χ0n) is 13.6. The minimum atomic E-state index is -0.128. The Labute approximate surface area is 139 Å². The second-order valence-corrected chi connectivity index (χ2v) is 5.65. The van der Waals surface area contributed by atoms with E-state index in [0.717, 1.165) is 16.9 Å². The van der Waals surface area contributed by atoms with Crippen LogP contribution in [0.4, 0.5) is 0 Å². The van der Waals surface area contributed by atoms with Gasteiger partial charge in [0, 0.05) is 18.7 Å². The van der Waals surface area contributed by atoms with Gasteiger partial charge < -0.3 is 20.0 Å². The van der Waals surface area contributed by atoms with Crippen LogP contribution in [0.2, 0.25) is 0 Å². The molecular formula is C18H19N3O3. The number of para-hydroxylation sites is 2. The highest BCUT2D eigenvalue weighted by molar-refractivity contribution is 6.04. The fourth-order valence-electron chi connectivity index (χ4n) is 2.82. The number of nitrogens with zero attached hydrogens (tertiary/aromatic N) is 3. The fourth-order valence-corrected chi connectivity index (χ4v) is 2.82. The summed E-state index contributed by atoms with van der Waals surface area (Å²) in [7, 11) is 1.90. The van der Waals surface area contributed by atoms with Gasteiger partial charge in [0.05, 0.1) is 23.2 Å². The number of hydrogen-bond acceptors (Lipinski definition) is 5. The predicted octanol–water partition coefficient (Wildman–Crippen LogP) is 2.97. The van der Waals surface area contributed by atoms with Crippen LogP contribution in [-0.2, 0) is 19.9 Å². The summed E-state index contributed by atoms with van der Waals surface area (Å²) in [5.74, 6) is 0.615. The number of phenols is 2. The maximum Gasteiger partial charge on any atom is 0.128 e. The Balaban J connectivity index is 2.02. The molecule has 24 heavy (non-hydrogen) atoms. The molecule has 6 heteroatoms. The number of fused-ring (bicyclic) bond motifs is 1. The number of imidazole rings is 1. The predicted molar refractivity (Wildman–Crippen MR) is 91.9 cm³/mol. The molecule has 0 saturated carbocycles. The molecule has 3 aromatic rings. The smallest absolute Gasteiger partial charge is 0.128 e. The molecule has 0 unspecified atom stereocenters. The van der Waals surface area contributed by atoms with Crippen LogP contribution in [0.3, 0.4) is 0 Å². The third kappa shape index (κ3) is 2.67. The SMILES string of the molecule is CCc1cc(/C(Cc2nc3ccccc3n2C)=N\O)c(O)cc1O. The lowest BCUT2D eigenvalue weighted by Crippen LogP contribution is -2.10. The van der Waals surface area contributed by atoms with E-state index in [4.69, 9.17) is 0 Å². The third-order valence-electron chi connectivity index (χ3n) is 4.21. The first-order valence-corrected chi connectivity index (χ1v) is 7.71. The highest BCUT2D eigenvalue weighted by Gasteiger charge is 2.17. The number of aryl methyl sites for hydroxylation is 2. The second kappa shape index (κ2) is 6.23. The first-order chi connectivity index (χ1) is 11.5. The fraction of sp³-hybridized carbons (Fsp3) is 0.222. The molecule has 0 spiro atoms. The van der Waals surface area contributed by atoms with Crippen LogP contribution >= 0.6 is 0 Å². The Bertz CT molecular complexity index is 929. The number of rotatable bonds is 4. The molecule has 0 radical (unpaired) electrons. The van der Waals surface area contributed by atoms with Crippen molar-refractivity contribution in [1.82, 2.24) is 9.55 Å². The molecule has 0 fully saturated rings. The van der Waals surface area contributed by atoms with Gasteiger partial charge in [-0.2, -0.15) is 0 Å². The molecule has 0 aliphatic heterocycles. The molecule has 3 N–H and O–H groups in total. The zero-order chi connectivity index (χ0) is 17.3. The summed E-state index contributed by atoms with van der Waals surface area (Å²) in [5, 5.41) is 32.7. The van der Waals surface area contributed by atoms with Gasteiger partial charge in [-0.3, -0.25) is 0 Å². The van der Waals surface area contributed by atoms with E-state index in [1.165, 1.54) is 6.07 Å². The molecule has 1 aromatic heterocycles. The minimum absolute atomic E-state index is 0.0266. The molecule has 0 bridgehead atoms. The van der Waals surface area contributed by atoms with Crippen molar-refractivity contribution in [2.75, 3.05) is 0 Å². The van der Waals surface area contributed by atoms with Crippen molar-refractivity contribution < 1.29 is 15.4 Å². The zero-order valence-corrected chi connectivity index (χ0v) is 13.6. The number of aromatic hydroxyl groups is 2. The van der Waals surface area contributed by atoms with Crippen LogP contribution in [0.25, 0.3) is 11.0 Å².